The number of hydrogen-bond acceptors (Lipinski definition) is 4. The van der Waals surface area contributed by atoms with Gasteiger partial charge in [0.05, 0.1) is 17.9 Å². The van der Waals surface area contributed by atoms with Gasteiger partial charge in [-0.05, 0) is 25.0 Å². The van der Waals surface area contributed by atoms with Gasteiger partial charge < -0.3 is 15.5 Å². The molecule has 2 fully saturated rings. The van der Waals surface area contributed by atoms with Crippen LogP contribution in [0.15, 0.2) is 24.3 Å². The van der Waals surface area contributed by atoms with Crippen LogP contribution >= 0.6 is 0 Å². The molecule has 2 saturated heterocycles. The molecule has 1 unspecified atom stereocenters. The predicted octanol–water partition coefficient (Wildman–Crippen LogP) is 0.313. The van der Waals surface area contributed by atoms with Crippen LogP contribution in [0.3, 0.4) is 0 Å². The highest BCUT2D eigenvalue weighted by Gasteiger charge is 2.25. The zero-order valence-corrected chi connectivity index (χ0v) is 11.9. The van der Waals surface area contributed by atoms with Crippen LogP contribution in [0.1, 0.15) is 12.8 Å². The molecule has 1 aromatic carbocycles. The molecule has 1 aromatic rings. The Kier molecular flexibility index (Phi) is 4.06. The summed E-state index contributed by atoms with van der Waals surface area (Å²) in [6.45, 7) is 2.58. The van der Waals surface area contributed by atoms with Gasteiger partial charge in [-0.3, -0.25) is 14.9 Å². The van der Waals surface area contributed by atoms with Crippen LogP contribution in [0, 0.1) is 0 Å². The first-order valence-electron chi connectivity index (χ1n) is 7.39. The summed E-state index contributed by atoms with van der Waals surface area (Å²) in [6, 6.07) is 7.49. The van der Waals surface area contributed by atoms with Gasteiger partial charge in [-0.2, -0.15) is 0 Å². The van der Waals surface area contributed by atoms with Crippen LogP contribution < -0.4 is 20.9 Å². The standard InChI is InChI=1S/C15H20N4O2/c20-14-10-16-12(9-17-14)15(21)18-11-5-1-2-6-13(11)19-7-3-4-8-19/h1-2,5-6,12,16H,3-4,7-10H2,(H,17,20)(H,18,21). The summed E-state index contributed by atoms with van der Waals surface area (Å²) in [4.78, 5) is 25.7. The molecule has 0 bridgehead atoms. The smallest absolute Gasteiger partial charge is 0.243 e. The van der Waals surface area contributed by atoms with Gasteiger partial charge in [0.25, 0.3) is 0 Å². The second-order valence-corrected chi connectivity index (χ2v) is 5.44. The Hall–Kier alpha value is -2.08. The Bertz CT molecular complexity index is 530. The maximum absolute atomic E-state index is 12.3. The van der Waals surface area contributed by atoms with Gasteiger partial charge in [-0.15, -0.1) is 0 Å². The van der Waals surface area contributed by atoms with Crippen molar-refractivity contribution in [2.24, 2.45) is 0 Å². The molecule has 1 atom stereocenters. The Morgan fingerprint density at radius 1 is 1.24 bits per heavy atom. The minimum Gasteiger partial charge on any atom is -0.370 e. The van der Waals surface area contributed by atoms with Crippen LogP contribution in [0.25, 0.3) is 0 Å². The molecule has 0 spiro atoms. The van der Waals surface area contributed by atoms with E-state index in [0.717, 1.165) is 24.5 Å². The first kappa shape index (κ1) is 13.9. The van der Waals surface area contributed by atoms with Gasteiger partial charge in [0.1, 0.15) is 6.04 Å². The number of hydrogen-bond donors (Lipinski definition) is 3. The monoisotopic (exact) mass is 288 g/mol. The Morgan fingerprint density at radius 3 is 2.71 bits per heavy atom. The van der Waals surface area contributed by atoms with Gasteiger partial charge in [0, 0.05) is 19.6 Å². The molecule has 2 amide bonds. The highest BCUT2D eigenvalue weighted by atomic mass is 16.2. The summed E-state index contributed by atoms with van der Waals surface area (Å²) in [7, 11) is 0. The van der Waals surface area contributed by atoms with Crippen molar-refractivity contribution in [1.82, 2.24) is 10.6 Å². The molecule has 2 aliphatic rings. The quantitative estimate of drug-likeness (QED) is 0.748. The number of para-hydroxylation sites is 2. The van der Waals surface area contributed by atoms with E-state index in [9.17, 15) is 9.59 Å². The second-order valence-electron chi connectivity index (χ2n) is 5.44. The molecule has 0 radical (unpaired) electrons. The van der Waals surface area contributed by atoms with Crippen LogP contribution in [-0.2, 0) is 9.59 Å². The van der Waals surface area contributed by atoms with Crippen molar-refractivity contribution < 1.29 is 9.59 Å². The summed E-state index contributed by atoms with van der Waals surface area (Å²) in [5.41, 5.74) is 1.91. The summed E-state index contributed by atoms with van der Waals surface area (Å²) in [5, 5.41) is 8.61. The van der Waals surface area contributed by atoms with E-state index < -0.39 is 0 Å². The fourth-order valence-electron chi connectivity index (χ4n) is 2.78. The largest absolute Gasteiger partial charge is 0.370 e. The molecule has 3 N–H and O–H groups in total. The molecule has 21 heavy (non-hydrogen) atoms. The molecule has 0 aliphatic carbocycles. The van der Waals surface area contributed by atoms with Crippen molar-refractivity contribution in [3.05, 3.63) is 24.3 Å². The summed E-state index contributed by atoms with van der Waals surface area (Å²) < 4.78 is 0. The Balaban J connectivity index is 1.69. The van der Waals surface area contributed by atoms with Crippen molar-refractivity contribution >= 4 is 23.2 Å². The van der Waals surface area contributed by atoms with E-state index in [1.807, 2.05) is 24.3 Å². The van der Waals surface area contributed by atoms with Gasteiger partial charge in [0.2, 0.25) is 11.8 Å². The van der Waals surface area contributed by atoms with Crippen molar-refractivity contribution in [2.75, 3.05) is 36.4 Å². The van der Waals surface area contributed by atoms with Crippen molar-refractivity contribution in [1.29, 1.82) is 0 Å². The van der Waals surface area contributed by atoms with Gasteiger partial charge in [-0.1, -0.05) is 12.1 Å². The van der Waals surface area contributed by atoms with E-state index in [2.05, 4.69) is 20.9 Å². The number of benzene rings is 1. The number of nitrogens with zero attached hydrogens (tertiary/aromatic N) is 1. The third-order valence-electron chi connectivity index (χ3n) is 3.94. The van der Waals surface area contributed by atoms with Gasteiger partial charge in [0.15, 0.2) is 0 Å². The topological polar surface area (TPSA) is 73.5 Å². The average Bonchev–Trinajstić information content (AvgIpc) is 3.02. The van der Waals surface area contributed by atoms with Gasteiger partial charge >= 0.3 is 0 Å². The van der Waals surface area contributed by atoms with Crippen LogP contribution in [0.5, 0.6) is 0 Å². The number of rotatable bonds is 3. The lowest BCUT2D eigenvalue weighted by atomic mass is 10.2. The lowest BCUT2D eigenvalue weighted by molar-refractivity contribution is -0.124. The van der Waals surface area contributed by atoms with Crippen molar-refractivity contribution in [3.63, 3.8) is 0 Å². The van der Waals surface area contributed by atoms with Crippen molar-refractivity contribution in [3.8, 4) is 0 Å². The number of carbonyl (C=O) groups excluding carboxylic acids is 2. The normalized spacial score (nSPS) is 22.0. The molecular weight excluding hydrogens is 268 g/mol. The van der Waals surface area contributed by atoms with Crippen LogP contribution in [0.2, 0.25) is 0 Å². The summed E-state index contributed by atoms with van der Waals surface area (Å²) in [6.07, 6.45) is 2.39. The number of anilines is 2. The fraction of sp³-hybridized carbons (Fsp3) is 0.467. The third-order valence-corrected chi connectivity index (χ3v) is 3.94. The fourth-order valence-corrected chi connectivity index (χ4v) is 2.78. The zero-order valence-electron chi connectivity index (χ0n) is 11.9. The lowest BCUT2D eigenvalue weighted by Crippen LogP contribution is -2.56. The van der Waals surface area contributed by atoms with E-state index >= 15 is 0 Å². The Morgan fingerprint density at radius 2 is 2.00 bits per heavy atom. The van der Waals surface area contributed by atoms with E-state index in [1.54, 1.807) is 0 Å². The summed E-state index contributed by atoms with van der Waals surface area (Å²) >= 11 is 0. The average molecular weight is 288 g/mol. The summed E-state index contributed by atoms with van der Waals surface area (Å²) in [5.74, 6) is -0.182. The molecule has 112 valence electrons. The number of piperazine rings is 1. The highest BCUT2D eigenvalue weighted by molar-refractivity contribution is 5.99. The minimum atomic E-state index is -0.380. The van der Waals surface area contributed by atoms with Crippen molar-refractivity contribution in [2.45, 2.75) is 18.9 Å². The van der Waals surface area contributed by atoms with E-state index in [-0.39, 0.29) is 24.4 Å². The molecule has 0 saturated carbocycles. The number of carbonyl (C=O) groups is 2. The molecule has 2 aliphatic heterocycles. The van der Waals surface area contributed by atoms with E-state index in [0.29, 0.717) is 6.54 Å². The lowest BCUT2D eigenvalue weighted by Gasteiger charge is -2.25. The minimum absolute atomic E-state index is 0.0727. The molecule has 2 heterocycles. The maximum atomic E-state index is 12.3. The number of amides is 2. The molecule has 3 rings (SSSR count). The predicted molar refractivity (Wildman–Crippen MR) is 81.3 cm³/mol. The first-order chi connectivity index (χ1) is 10.2. The molecule has 6 heteroatoms. The van der Waals surface area contributed by atoms with Gasteiger partial charge in [-0.25, -0.2) is 0 Å². The Labute approximate surface area is 123 Å². The first-order valence-corrected chi connectivity index (χ1v) is 7.39. The third kappa shape index (κ3) is 3.16. The van der Waals surface area contributed by atoms with E-state index in [1.165, 1.54) is 12.8 Å². The highest BCUT2D eigenvalue weighted by Crippen LogP contribution is 2.28. The molecule has 0 aromatic heterocycles. The van der Waals surface area contributed by atoms with E-state index in [4.69, 9.17) is 0 Å². The van der Waals surface area contributed by atoms with Crippen LogP contribution in [0.4, 0.5) is 11.4 Å². The molecule has 6 nitrogen and oxygen atoms in total. The second kappa shape index (κ2) is 6.13. The van der Waals surface area contributed by atoms with Crippen LogP contribution in [-0.4, -0.2) is 44.0 Å². The number of nitrogens with one attached hydrogen (secondary N) is 3. The SMILES string of the molecule is O=C1CNC(C(=O)Nc2ccccc2N2CCCC2)CN1. The molecular formula is C15H20N4O2. The maximum Gasteiger partial charge on any atom is 0.243 e. The zero-order chi connectivity index (χ0) is 14.7.